The molecule has 0 amide bonds. The molecular weight excluding hydrogens is 265 g/mol. The highest BCUT2D eigenvalue weighted by Gasteiger charge is 2.26. The molecule has 0 N–H and O–H groups in total. The fraction of sp³-hybridized carbons (Fsp3) is 0.444. The number of carbonyl (C=O) groups excluding carboxylic acids is 1. The molecule has 0 saturated heterocycles. The van der Waals surface area contributed by atoms with E-state index in [1.54, 1.807) is 6.07 Å². The van der Waals surface area contributed by atoms with Gasteiger partial charge in [0, 0.05) is 0 Å². The normalized spacial score (nSPS) is 11.8. The lowest BCUT2D eigenvalue weighted by atomic mass is 10.3. The molecule has 1 rings (SSSR count). The van der Waals surface area contributed by atoms with Gasteiger partial charge in [-0.15, -0.1) is 11.3 Å². The number of thiophene rings is 1. The second kappa shape index (κ2) is 5.65. The first-order chi connectivity index (χ1) is 7.38. The summed E-state index contributed by atoms with van der Waals surface area (Å²) in [6.45, 7) is -0.860. The highest BCUT2D eigenvalue weighted by Crippen LogP contribution is 2.22. The van der Waals surface area contributed by atoms with Crippen LogP contribution in [0.4, 0.5) is 13.2 Å². The SMILES string of the molecule is O=C(COCCC(F)(F)F)c1ccc(Cl)s1. The molecule has 1 aromatic rings. The lowest BCUT2D eigenvalue weighted by Crippen LogP contribution is -2.14. The Morgan fingerprint density at radius 1 is 1.44 bits per heavy atom. The lowest BCUT2D eigenvalue weighted by molar-refractivity contribution is -0.144. The standard InChI is InChI=1S/C9H8ClF3O2S/c10-8-2-1-7(16-8)6(14)5-15-4-3-9(11,12)13/h1-2H,3-5H2. The maximum absolute atomic E-state index is 11.7. The molecule has 0 aliphatic carbocycles. The first-order valence-electron chi connectivity index (χ1n) is 4.31. The van der Waals surface area contributed by atoms with Crippen LogP contribution in [0.1, 0.15) is 16.1 Å². The Morgan fingerprint density at radius 3 is 2.62 bits per heavy atom. The number of ether oxygens (including phenoxy) is 1. The van der Waals surface area contributed by atoms with Crippen LogP contribution in [0.2, 0.25) is 4.34 Å². The third kappa shape index (κ3) is 4.96. The summed E-state index contributed by atoms with van der Waals surface area (Å²) in [5.74, 6) is -0.362. The Balaban J connectivity index is 2.26. The topological polar surface area (TPSA) is 26.3 Å². The molecule has 2 nitrogen and oxygen atoms in total. The van der Waals surface area contributed by atoms with E-state index < -0.39 is 19.2 Å². The van der Waals surface area contributed by atoms with E-state index in [1.165, 1.54) is 6.07 Å². The van der Waals surface area contributed by atoms with E-state index in [9.17, 15) is 18.0 Å². The van der Waals surface area contributed by atoms with Crippen LogP contribution >= 0.6 is 22.9 Å². The van der Waals surface area contributed by atoms with E-state index in [4.69, 9.17) is 11.6 Å². The van der Waals surface area contributed by atoms with E-state index in [0.29, 0.717) is 9.21 Å². The number of Topliss-reactive ketones (excluding diaryl/α,β-unsaturated/α-hetero) is 1. The van der Waals surface area contributed by atoms with Crippen LogP contribution in [0.15, 0.2) is 12.1 Å². The van der Waals surface area contributed by atoms with Crippen LogP contribution in [-0.4, -0.2) is 25.2 Å². The van der Waals surface area contributed by atoms with E-state index in [-0.39, 0.29) is 12.4 Å². The zero-order valence-corrected chi connectivity index (χ0v) is 9.59. The van der Waals surface area contributed by atoms with Gasteiger partial charge in [0.2, 0.25) is 0 Å². The quantitative estimate of drug-likeness (QED) is 0.605. The molecule has 0 fully saturated rings. The van der Waals surface area contributed by atoms with Crippen molar-refractivity contribution in [3.05, 3.63) is 21.3 Å². The molecule has 16 heavy (non-hydrogen) atoms. The van der Waals surface area contributed by atoms with Gasteiger partial charge in [0.15, 0.2) is 5.78 Å². The van der Waals surface area contributed by atoms with Gasteiger partial charge in [-0.2, -0.15) is 13.2 Å². The minimum Gasteiger partial charge on any atom is -0.373 e. The first-order valence-corrected chi connectivity index (χ1v) is 5.51. The summed E-state index contributed by atoms with van der Waals surface area (Å²) < 4.78 is 40.3. The zero-order chi connectivity index (χ0) is 12.2. The van der Waals surface area contributed by atoms with Gasteiger partial charge in [0.1, 0.15) is 6.61 Å². The maximum Gasteiger partial charge on any atom is 0.391 e. The molecule has 0 aliphatic heterocycles. The number of hydrogen-bond donors (Lipinski definition) is 0. The molecule has 1 aromatic heterocycles. The van der Waals surface area contributed by atoms with Crippen molar-refractivity contribution in [2.75, 3.05) is 13.2 Å². The number of ketones is 1. The molecule has 0 saturated carbocycles. The molecule has 0 radical (unpaired) electrons. The summed E-state index contributed by atoms with van der Waals surface area (Å²) in [7, 11) is 0. The fourth-order valence-electron chi connectivity index (χ4n) is 0.888. The molecule has 0 bridgehead atoms. The van der Waals surface area contributed by atoms with Crippen molar-refractivity contribution in [2.45, 2.75) is 12.6 Å². The maximum atomic E-state index is 11.7. The van der Waals surface area contributed by atoms with Gasteiger partial charge in [-0.3, -0.25) is 4.79 Å². The summed E-state index contributed by atoms with van der Waals surface area (Å²) in [4.78, 5) is 11.7. The molecule has 0 spiro atoms. The van der Waals surface area contributed by atoms with Gasteiger partial charge in [-0.05, 0) is 12.1 Å². The lowest BCUT2D eigenvalue weighted by Gasteiger charge is -2.05. The second-order valence-corrected chi connectivity index (χ2v) is 4.66. The average molecular weight is 273 g/mol. The van der Waals surface area contributed by atoms with Crippen molar-refractivity contribution in [3.8, 4) is 0 Å². The van der Waals surface area contributed by atoms with Gasteiger partial charge >= 0.3 is 6.18 Å². The Bertz CT molecular complexity index is 362. The van der Waals surface area contributed by atoms with Crippen molar-refractivity contribution >= 4 is 28.7 Å². The minimum atomic E-state index is -4.25. The van der Waals surface area contributed by atoms with Crippen molar-refractivity contribution in [1.29, 1.82) is 0 Å². The van der Waals surface area contributed by atoms with Gasteiger partial charge in [0.05, 0.1) is 22.2 Å². The third-order valence-electron chi connectivity index (χ3n) is 1.61. The number of alkyl halides is 3. The summed E-state index contributed by atoms with van der Waals surface area (Å²) in [5, 5.41) is 0. The molecule has 0 atom stereocenters. The summed E-state index contributed by atoms with van der Waals surface area (Å²) in [6.07, 6.45) is -5.30. The van der Waals surface area contributed by atoms with Crippen LogP contribution in [-0.2, 0) is 4.74 Å². The Kier molecular flexibility index (Phi) is 4.76. The molecule has 0 aromatic carbocycles. The van der Waals surface area contributed by atoms with E-state index in [1.807, 2.05) is 0 Å². The number of hydrogen-bond acceptors (Lipinski definition) is 3. The van der Waals surface area contributed by atoms with Crippen molar-refractivity contribution in [2.24, 2.45) is 0 Å². The minimum absolute atomic E-state index is 0.354. The summed E-state index contributed by atoms with van der Waals surface area (Å²) in [6, 6.07) is 3.07. The van der Waals surface area contributed by atoms with Gasteiger partial charge in [-0.1, -0.05) is 11.6 Å². The molecular formula is C9H8ClF3O2S. The van der Waals surface area contributed by atoms with Gasteiger partial charge in [0.25, 0.3) is 0 Å². The highest BCUT2D eigenvalue weighted by atomic mass is 35.5. The van der Waals surface area contributed by atoms with E-state index >= 15 is 0 Å². The Labute approximate surface area is 99.0 Å². The van der Waals surface area contributed by atoms with Gasteiger partial charge < -0.3 is 4.74 Å². The largest absolute Gasteiger partial charge is 0.391 e. The highest BCUT2D eigenvalue weighted by molar-refractivity contribution is 7.18. The van der Waals surface area contributed by atoms with Crippen LogP contribution in [0.3, 0.4) is 0 Å². The predicted molar refractivity (Wildman–Crippen MR) is 55.2 cm³/mol. The molecule has 1 heterocycles. The molecule has 90 valence electrons. The number of rotatable bonds is 5. The van der Waals surface area contributed by atoms with Crippen molar-refractivity contribution in [3.63, 3.8) is 0 Å². The smallest absolute Gasteiger partial charge is 0.373 e. The van der Waals surface area contributed by atoms with Crippen molar-refractivity contribution < 1.29 is 22.7 Å². The van der Waals surface area contributed by atoms with Crippen molar-refractivity contribution in [1.82, 2.24) is 0 Å². The fourth-order valence-corrected chi connectivity index (χ4v) is 1.86. The Hall–Kier alpha value is -0.590. The molecule has 0 unspecified atom stereocenters. The third-order valence-corrected chi connectivity index (χ3v) is 2.88. The van der Waals surface area contributed by atoms with Crippen LogP contribution in [0.25, 0.3) is 0 Å². The Morgan fingerprint density at radius 2 is 2.12 bits per heavy atom. The monoisotopic (exact) mass is 272 g/mol. The number of halogens is 4. The molecule has 7 heteroatoms. The van der Waals surface area contributed by atoms with E-state index in [2.05, 4.69) is 4.74 Å². The summed E-state index contributed by atoms with van der Waals surface area (Å²) in [5.41, 5.74) is 0. The van der Waals surface area contributed by atoms with E-state index in [0.717, 1.165) is 11.3 Å². The van der Waals surface area contributed by atoms with Crippen LogP contribution < -0.4 is 0 Å². The van der Waals surface area contributed by atoms with Crippen LogP contribution in [0.5, 0.6) is 0 Å². The van der Waals surface area contributed by atoms with Gasteiger partial charge in [-0.25, -0.2) is 0 Å². The number of carbonyl (C=O) groups is 1. The second-order valence-electron chi connectivity index (χ2n) is 2.94. The summed E-state index contributed by atoms with van der Waals surface area (Å²) >= 11 is 6.68. The van der Waals surface area contributed by atoms with Crippen LogP contribution in [0, 0.1) is 0 Å². The molecule has 0 aliphatic rings. The predicted octanol–water partition coefficient (Wildman–Crippen LogP) is 3.55. The zero-order valence-electron chi connectivity index (χ0n) is 8.01. The average Bonchev–Trinajstić information content (AvgIpc) is 2.57. The first kappa shape index (κ1) is 13.5.